The number of rotatable bonds is 2. The Morgan fingerprint density at radius 1 is 1.56 bits per heavy atom. The van der Waals surface area contributed by atoms with Crippen LogP contribution in [0.15, 0.2) is 18.2 Å². The van der Waals surface area contributed by atoms with Crippen LogP contribution in [0.4, 0.5) is 5.69 Å². The smallest absolute Gasteiger partial charge is 0.0722 e. The Balaban J connectivity index is 2.17. The number of aliphatic hydroxyl groups excluding tert-OH is 1. The molecule has 1 saturated heterocycles. The van der Waals surface area contributed by atoms with Crippen molar-refractivity contribution in [2.24, 2.45) is 0 Å². The van der Waals surface area contributed by atoms with Crippen molar-refractivity contribution >= 4 is 17.3 Å². The number of ether oxygens (including phenoxy) is 1. The minimum absolute atomic E-state index is 0.0153. The van der Waals surface area contributed by atoms with Crippen LogP contribution in [-0.4, -0.2) is 30.9 Å². The highest BCUT2D eigenvalue weighted by molar-refractivity contribution is 6.31. The zero-order valence-corrected chi connectivity index (χ0v) is 10.1. The molecule has 1 heterocycles. The molecule has 1 unspecified atom stereocenters. The minimum Gasteiger partial charge on any atom is -0.392 e. The maximum Gasteiger partial charge on any atom is 0.0722 e. The van der Waals surface area contributed by atoms with E-state index in [9.17, 15) is 0 Å². The largest absolute Gasteiger partial charge is 0.392 e. The Bertz CT molecular complexity index is 370. The molecule has 3 nitrogen and oxygen atoms in total. The van der Waals surface area contributed by atoms with Gasteiger partial charge in [0.05, 0.1) is 19.3 Å². The lowest BCUT2D eigenvalue weighted by Crippen LogP contribution is -2.41. The molecule has 1 aliphatic rings. The van der Waals surface area contributed by atoms with Gasteiger partial charge in [-0.2, -0.15) is 0 Å². The van der Waals surface area contributed by atoms with Gasteiger partial charge in [-0.1, -0.05) is 17.7 Å². The van der Waals surface area contributed by atoms with Crippen molar-refractivity contribution in [1.29, 1.82) is 0 Å². The predicted octanol–water partition coefficient (Wildman–Crippen LogP) is 2.06. The van der Waals surface area contributed by atoms with Crippen molar-refractivity contribution < 1.29 is 9.84 Å². The van der Waals surface area contributed by atoms with Gasteiger partial charge in [0.25, 0.3) is 0 Å². The maximum absolute atomic E-state index is 9.04. The van der Waals surface area contributed by atoms with Gasteiger partial charge in [0.1, 0.15) is 0 Å². The Morgan fingerprint density at radius 2 is 2.38 bits per heavy atom. The van der Waals surface area contributed by atoms with Gasteiger partial charge in [0.2, 0.25) is 0 Å². The zero-order chi connectivity index (χ0) is 11.5. The Labute approximate surface area is 101 Å². The van der Waals surface area contributed by atoms with Crippen LogP contribution in [0.3, 0.4) is 0 Å². The first-order valence-corrected chi connectivity index (χ1v) is 5.84. The standard InChI is InChI=1S/C12H16ClNO2/c1-9-7-14(4-5-16-9)11-3-2-10(8-15)12(13)6-11/h2-3,6,9,15H,4-5,7-8H2,1H3. The molecule has 16 heavy (non-hydrogen) atoms. The number of halogens is 1. The lowest BCUT2D eigenvalue weighted by Gasteiger charge is -2.33. The van der Waals surface area contributed by atoms with E-state index in [1.54, 1.807) is 0 Å². The SMILES string of the molecule is CC1CN(c2ccc(CO)c(Cl)c2)CCO1. The highest BCUT2D eigenvalue weighted by Crippen LogP contribution is 2.25. The molecule has 0 spiro atoms. The maximum atomic E-state index is 9.04. The second-order valence-corrected chi connectivity index (χ2v) is 4.47. The van der Waals surface area contributed by atoms with Crippen LogP contribution in [0.1, 0.15) is 12.5 Å². The summed E-state index contributed by atoms with van der Waals surface area (Å²) >= 11 is 6.07. The molecular formula is C12H16ClNO2. The minimum atomic E-state index is -0.0153. The molecule has 88 valence electrons. The topological polar surface area (TPSA) is 32.7 Å². The fraction of sp³-hybridized carbons (Fsp3) is 0.500. The summed E-state index contributed by atoms with van der Waals surface area (Å²) in [6.07, 6.45) is 0.255. The molecular weight excluding hydrogens is 226 g/mol. The molecule has 1 aromatic carbocycles. The van der Waals surface area contributed by atoms with Crippen molar-refractivity contribution in [3.63, 3.8) is 0 Å². The van der Waals surface area contributed by atoms with E-state index < -0.39 is 0 Å². The normalized spacial score (nSPS) is 21.2. The summed E-state index contributed by atoms with van der Waals surface area (Å²) in [4.78, 5) is 2.25. The molecule has 1 aromatic rings. The highest BCUT2D eigenvalue weighted by Gasteiger charge is 2.17. The first-order chi connectivity index (χ1) is 7.70. The van der Waals surface area contributed by atoms with E-state index in [0.29, 0.717) is 5.02 Å². The van der Waals surface area contributed by atoms with Crippen molar-refractivity contribution in [3.05, 3.63) is 28.8 Å². The lowest BCUT2D eigenvalue weighted by molar-refractivity contribution is 0.0532. The third-order valence-electron chi connectivity index (χ3n) is 2.81. The summed E-state index contributed by atoms with van der Waals surface area (Å²) in [7, 11) is 0. The number of anilines is 1. The number of morpholine rings is 1. The number of benzene rings is 1. The van der Waals surface area contributed by atoms with E-state index in [1.807, 2.05) is 18.2 Å². The van der Waals surface area contributed by atoms with Gasteiger partial charge in [-0.3, -0.25) is 0 Å². The van der Waals surface area contributed by atoms with E-state index in [0.717, 1.165) is 30.9 Å². The molecule has 1 N–H and O–H groups in total. The third kappa shape index (κ3) is 2.48. The van der Waals surface area contributed by atoms with Crippen LogP contribution < -0.4 is 4.90 Å². The Morgan fingerprint density at radius 3 is 3.00 bits per heavy atom. The van der Waals surface area contributed by atoms with E-state index in [-0.39, 0.29) is 12.7 Å². The Hall–Kier alpha value is -0.770. The van der Waals surface area contributed by atoms with Gasteiger partial charge in [0, 0.05) is 23.8 Å². The number of aliphatic hydroxyl groups is 1. The molecule has 0 amide bonds. The fourth-order valence-electron chi connectivity index (χ4n) is 1.91. The molecule has 0 bridgehead atoms. The first-order valence-electron chi connectivity index (χ1n) is 5.46. The Kier molecular flexibility index (Phi) is 3.69. The van der Waals surface area contributed by atoms with E-state index >= 15 is 0 Å². The van der Waals surface area contributed by atoms with Gasteiger partial charge in [-0.15, -0.1) is 0 Å². The summed E-state index contributed by atoms with van der Waals surface area (Å²) in [6.45, 7) is 4.57. The highest BCUT2D eigenvalue weighted by atomic mass is 35.5. The van der Waals surface area contributed by atoms with Crippen LogP contribution in [-0.2, 0) is 11.3 Å². The summed E-state index contributed by atoms with van der Waals surface area (Å²) in [5.74, 6) is 0. The fourth-order valence-corrected chi connectivity index (χ4v) is 2.15. The van der Waals surface area contributed by atoms with Gasteiger partial charge in [-0.05, 0) is 24.6 Å². The first kappa shape index (κ1) is 11.7. The van der Waals surface area contributed by atoms with Crippen LogP contribution in [0.2, 0.25) is 5.02 Å². The average molecular weight is 242 g/mol. The van der Waals surface area contributed by atoms with E-state index in [2.05, 4.69) is 11.8 Å². The molecule has 4 heteroatoms. The summed E-state index contributed by atoms with van der Waals surface area (Å²) < 4.78 is 5.49. The average Bonchev–Trinajstić information content (AvgIpc) is 2.29. The zero-order valence-electron chi connectivity index (χ0n) is 9.32. The third-order valence-corrected chi connectivity index (χ3v) is 3.17. The van der Waals surface area contributed by atoms with E-state index in [1.165, 1.54) is 0 Å². The quantitative estimate of drug-likeness (QED) is 0.860. The number of hydrogen-bond donors (Lipinski definition) is 1. The predicted molar refractivity (Wildman–Crippen MR) is 65.0 cm³/mol. The van der Waals surface area contributed by atoms with Crippen molar-refractivity contribution in [3.8, 4) is 0 Å². The second kappa shape index (κ2) is 5.04. The summed E-state index contributed by atoms with van der Waals surface area (Å²) in [5.41, 5.74) is 1.86. The molecule has 1 aliphatic heterocycles. The molecule has 1 atom stereocenters. The van der Waals surface area contributed by atoms with Crippen molar-refractivity contribution in [2.75, 3.05) is 24.6 Å². The van der Waals surface area contributed by atoms with Gasteiger partial charge < -0.3 is 14.7 Å². The van der Waals surface area contributed by atoms with Gasteiger partial charge in [0.15, 0.2) is 0 Å². The number of hydrogen-bond acceptors (Lipinski definition) is 3. The monoisotopic (exact) mass is 241 g/mol. The van der Waals surface area contributed by atoms with Crippen LogP contribution in [0.25, 0.3) is 0 Å². The molecule has 0 saturated carbocycles. The molecule has 0 aliphatic carbocycles. The molecule has 0 radical (unpaired) electrons. The summed E-state index contributed by atoms with van der Waals surface area (Å²) in [5, 5.41) is 9.67. The number of nitrogens with zero attached hydrogens (tertiary/aromatic N) is 1. The molecule has 2 rings (SSSR count). The van der Waals surface area contributed by atoms with Gasteiger partial charge >= 0.3 is 0 Å². The van der Waals surface area contributed by atoms with Crippen LogP contribution >= 0.6 is 11.6 Å². The van der Waals surface area contributed by atoms with E-state index in [4.69, 9.17) is 21.4 Å². The van der Waals surface area contributed by atoms with Crippen LogP contribution in [0, 0.1) is 0 Å². The second-order valence-electron chi connectivity index (χ2n) is 4.06. The van der Waals surface area contributed by atoms with Gasteiger partial charge in [-0.25, -0.2) is 0 Å². The molecule has 0 aromatic heterocycles. The van der Waals surface area contributed by atoms with Crippen LogP contribution in [0.5, 0.6) is 0 Å². The van der Waals surface area contributed by atoms with Crippen molar-refractivity contribution in [1.82, 2.24) is 0 Å². The molecule has 1 fully saturated rings. The summed E-state index contributed by atoms with van der Waals surface area (Å²) in [6, 6.07) is 5.78. The van der Waals surface area contributed by atoms with Crippen molar-refractivity contribution in [2.45, 2.75) is 19.6 Å². The lowest BCUT2D eigenvalue weighted by atomic mass is 10.2.